The number of nitrogens with one attached hydrogen (secondary N) is 1. The maximum Gasteiger partial charge on any atom is 0.140 e. The Balaban J connectivity index is 0.000000179. The van der Waals surface area contributed by atoms with Gasteiger partial charge in [0.25, 0.3) is 0 Å². The summed E-state index contributed by atoms with van der Waals surface area (Å²) in [5.74, 6) is 2.74. The average Bonchev–Trinajstić information content (AvgIpc) is 1.68. The third-order valence-corrected chi connectivity index (χ3v) is 21.6. The van der Waals surface area contributed by atoms with Gasteiger partial charge < -0.3 is 44.0 Å². The van der Waals surface area contributed by atoms with E-state index in [1.807, 2.05) is 70.8 Å². The summed E-state index contributed by atoms with van der Waals surface area (Å²) in [7, 11) is 0. The number of thiazole rings is 2. The number of aromatic nitrogens is 2. The highest BCUT2D eigenvalue weighted by atomic mass is 32.1. The Hall–Kier alpha value is -6.72. The number of hydrogen-bond acceptors (Lipinski definition) is 14. The summed E-state index contributed by atoms with van der Waals surface area (Å²) in [6.45, 7) is 18.4. The van der Waals surface area contributed by atoms with Gasteiger partial charge in [0.2, 0.25) is 0 Å². The van der Waals surface area contributed by atoms with Crippen molar-refractivity contribution in [3.05, 3.63) is 246 Å². The van der Waals surface area contributed by atoms with Crippen molar-refractivity contribution in [3.8, 4) is 17.2 Å². The molecule has 0 radical (unpaired) electrons. The quantitative estimate of drug-likeness (QED) is 0.0347. The van der Waals surface area contributed by atoms with Crippen LogP contribution in [0.3, 0.4) is 0 Å². The van der Waals surface area contributed by atoms with E-state index in [0.29, 0.717) is 25.9 Å². The second kappa shape index (κ2) is 54.8. The minimum absolute atomic E-state index is 0.220. The third kappa shape index (κ3) is 37.5. The first-order valence-corrected chi connectivity index (χ1v) is 43.4. The van der Waals surface area contributed by atoms with E-state index < -0.39 is 0 Å². The van der Waals surface area contributed by atoms with E-state index >= 15 is 0 Å². The molecule has 9 aromatic rings. The van der Waals surface area contributed by atoms with Crippen LogP contribution in [-0.2, 0) is 72.3 Å². The molecule has 6 heterocycles. The molecule has 3 aliphatic heterocycles. The number of aliphatic hydroxyl groups is 2. The minimum Gasteiger partial charge on any atom is -0.491 e. The second-order valence-corrected chi connectivity index (χ2v) is 31.3. The third-order valence-electron chi connectivity index (χ3n) is 19.2. The number of rotatable bonds is 36. The summed E-state index contributed by atoms with van der Waals surface area (Å²) >= 11 is 5.17. The van der Waals surface area contributed by atoms with Gasteiger partial charge in [-0.25, -0.2) is 9.97 Å². The predicted octanol–water partition coefficient (Wildman–Crippen LogP) is 24.5. The zero-order chi connectivity index (χ0) is 75.4. The number of nitrogens with zero attached hydrogens (tertiary/aromatic N) is 2. The van der Waals surface area contributed by atoms with Crippen molar-refractivity contribution in [1.82, 2.24) is 9.97 Å². The van der Waals surface area contributed by atoms with Gasteiger partial charge in [0.1, 0.15) is 47.1 Å². The Kier molecular flexibility index (Phi) is 44.8. The molecule has 0 bridgehead atoms. The maximum atomic E-state index is 10.0. The molecule has 3 fully saturated rings. The summed E-state index contributed by atoms with van der Waals surface area (Å²) < 4.78 is 34.4. The summed E-state index contributed by atoms with van der Waals surface area (Å²) in [4.78, 5) is 9.95. The number of hydrogen-bond donors (Lipinski definition) is 3. The van der Waals surface area contributed by atoms with Gasteiger partial charge >= 0.3 is 0 Å². The normalized spacial score (nSPS) is 15.8. The molecule has 3 N–H and O–H groups in total. The van der Waals surface area contributed by atoms with Crippen molar-refractivity contribution in [1.29, 1.82) is 0 Å². The van der Waals surface area contributed by atoms with E-state index in [-0.39, 0.29) is 24.4 Å². The van der Waals surface area contributed by atoms with Crippen LogP contribution in [0.25, 0.3) is 0 Å². The molecule has 0 spiro atoms. The number of ether oxygens (including phenoxy) is 6. The lowest BCUT2D eigenvalue weighted by Crippen LogP contribution is -2.25. The molecule has 3 aromatic heterocycles. The van der Waals surface area contributed by atoms with Crippen LogP contribution < -0.4 is 19.5 Å². The molecule has 582 valence electrons. The van der Waals surface area contributed by atoms with Crippen molar-refractivity contribution in [2.75, 3.05) is 38.4 Å². The summed E-state index contributed by atoms with van der Waals surface area (Å²) in [5.41, 5.74) is 11.6. The lowest BCUT2D eigenvalue weighted by molar-refractivity contribution is -0.0111. The Morgan fingerprint density at radius 3 is 1.36 bits per heavy atom. The molecule has 3 aliphatic rings. The Morgan fingerprint density at radius 1 is 0.411 bits per heavy atom. The van der Waals surface area contributed by atoms with Crippen molar-refractivity contribution in [3.63, 3.8) is 0 Å². The van der Waals surface area contributed by atoms with Gasteiger partial charge in [0.15, 0.2) is 0 Å². The number of anilines is 1. The van der Waals surface area contributed by atoms with Crippen LogP contribution in [0.2, 0.25) is 0 Å². The fourth-order valence-corrected chi connectivity index (χ4v) is 14.7. The number of unbranched alkanes of at least 4 members (excludes halogenated alkanes) is 4. The van der Waals surface area contributed by atoms with Crippen LogP contribution in [0.1, 0.15) is 254 Å². The Labute approximate surface area is 656 Å². The first-order valence-electron chi connectivity index (χ1n) is 40.8. The maximum absolute atomic E-state index is 10.0. The highest BCUT2D eigenvalue weighted by Crippen LogP contribution is 2.27. The van der Waals surface area contributed by atoms with Crippen LogP contribution >= 0.6 is 34.0 Å². The second-order valence-electron chi connectivity index (χ2n) is 28.4. The van der Waals surface area contributed by atoms with Crippen molar-refractivity contribution in [2.24, 2.45) is 0 Å². The number of thiophene rings is 1. The lowest BCUT2D eigenvalue weighted by Gasteiger charge is -2.22. The molecule has 6 aromatic carbocycles. The van der Waals surface area contributed by atoms with E-state index in [9.17, 15) is 10.2 Å². The minimum atomic E-state index is -0.389. The number of aryl methyl sites for hydroxylation is 7. The van der Waals surface area contributed by atoms with E-state index in [1.165, 1.54) is 160 Å². The SMILES string of the molecule is CCCC(O)c1cccc(CCC2CCCCO2)c1.CCCC(O)c1cccc(OCC2CCCCO2)c1.CCCCc1cccc(CCc2cccs2)c1.CCCCc1cccc(NCc2nccs2)c1.CCCCc1cccc(OCC2CCCCO2)c1.CCCCc1cccc(OCc2nccs2)c1. The smallest absolute Gasteiger partial charge is 0.140 e. The van der Waals surface area contributed by atoms with Crippen LogP contribution in [-0.4, -0.2) is 71.5 Å². The van der Waals surface area contributed by atoms with Crippen LogP contribution in [0.5, 0.6) is 17.2 Å². The summed E-state index contributed by atoms with van der Waals surface area (Å²) in [5, 5.41) is 31.7. The fraction of sp³-hybridized carbons (Fsp3) is 0.505. The number of benzene rings is 6. The van der Waals surface area contributed by atoms with E-state index in [0.717, 1.165) is 135 Å². The number of aliphatic hydroxyl groups excluding tert-OH is 2. The van der Waals surface area contributed by atoms with Crippen molar-refractivity contribution in [2.45, 2.75) is 271 Å². The van der Waals surface area contributed by atoms with Gasteiger partial charge in [-0.2, -0.15) is 0 Å². The van der Waals surface area contributed by atoms with E-state index in [1.54, 1.807) is 28.9 Å². The molecule has 0 amide bonds. The van der Waals surface area contributed by atoms with E-state index in [2.05, 4.69) is 177 Å². The highest BCUT2D eigenvalue weighted by molar-refractivity contribution is 7.10. The van der Waals surface area contributed by atoms with Crippen LogP contribution in [0.4, 0.5) is 5.69 Å². The molecule has 3 saturated heterocycles. The molecule has 0 saturated carbocycles. The zero-order valence-corrected chi connectivity index (χ0v) is 68.2. The zero-order valence-electron chi connectivity index (χ0n) is 65.7. The first kappa shape index (κ1) is 87.5. The first-order chi connectivity index (χ1) is 52.6. The molecular weight excluding hydrogens is 1380 g/mol. The monoisotopic (exact) mass is 1510 g/mol. The van der Waals surface area contributed by atoms with Gasteiger partial charge in [-0.05, 0) is 252 Å². The topological polar surface area (TPSA) is 134 Å². The summed E-state index contributed by atoms with van der Waals surface area (Å²) in [6.07, 6.45) is 37.5. The molecule has 14 heteroatoms. The molecule has 12 rings (SSSR count). The van der Waals surface area contributed by atoms with Gasteiger partial charge in [-0.3, -0.25) is 0 Å². The predicted molar refractivity (Wildman–Crippen MR) is 451 cm³/mol. The van der Waals surface area contributed by atoms with Crippen LogP contribution in [0.15, 0.2) is 186 Å². The molecule has 11 nitrogen and oxygen atoms in total. The van der Waals surface area contributed by atoms with Gasteiger partial charge in [-0.15, -0.1) is 34.0 Å². The Bertz CT molecular complexity index is 3350. The standard InChI is InChI=1S/C17H26O2.C16H24O3.C16H24O2.C16H20S.C14H18N2S.C14H17NOS/c1-2-6-17(18)15-8-5-7-14(13-15)10-11-16-9-3-4-12-19-16;1-2-6-16(17)13-7-5-9-14(11-13)19-12-15-8-3-4-10-18-15;1-2-3-7-14-8-6-10-15(12-14)18-13-16-9-4-5-11-17-16;1-2-3-6-14-7-4-8-15(13-14)10-11-16-9-5-12-17-16;2*1-2-3-5-12-6-4-7-13(10-12)16-11-14-15-8-9-17-14/h5,7-8,13,16-18H,2-4,6,9-12H2,1H3;5,7,9,11,15-17H,2-4,6,8,10,12H2,1H3;6,8,10,12,16H,2-5,7,9,11,13H2,1H3;4-5,7-9,12-13H,2-3,6,10-11H2,1H3;4,6-10,16H,2-3,5,11H2,1H3;4,6-10H,2-3,5,11H2,1H3. The molecule has 107 heavy (non-hydrogen) atoms. The molecular formula is C93H129N3O8S3. The molecule has 5 atom stereocenters. The molecule has 0 aliphatic carbocycles. The van der Waals surface area contributed by atoms with Gasteiger partial charge in [0, 0.05) is 53.5 Å². The van der Waals surface area contributed by atoms with Crippen molar-refractivity contribution < 1.29 is 38.6 Å². The van der Waals surface area contributed by atoms with Gasteiger partial charge in [-0.1, -0.05) is 183 Å². The highest BCUT2D eigenvalue weighted by Gasteiger charge is 2.18. The largest absolute Gasteiger partial charge is 0.491 e. The summed E-state index contributed by atoms with van der Waals surface area (Å²) in [6, 6.07) is 55.1. The average molecular weight is 1510 g/mol. The molecule has 5 unspecified atom stereocenters. The van der Waals surface area contributed by atoms with Crippen LogP contribution in [0, 0.1) is 0 Å². The van der Waals surface area contributed by atoms with E-state index in [4.69, 9.17) is 28.4 Å². The van der Waals surface area contributed by atoms with Crippen molar-refractivity contribution >= 4 is 39.7 Å². The van der Waals surface area contributed by atoms with Gasteiger partial charge in [0.05, 0.1) is 37.1 Å². The lowest BCUT2D eigenvalue weighted by atomic mass is 9.98. The fourth-order valence-electron chi connectivity index (χ4n) is 12.9. The Morgan fingerprint density at radius 2 is 0.860 bits per heavy atom.